The number of carbonyl (C=O) groups excluding carboxylic acids is 2. The number of nitrogens with zero attached hydrogens (tertiary/aromatic N) is 6. The fourth-order valence-corrected chi connectivity index (χ4v) is 10.3. The third-order valence-corrected chi connectivity index (χ3v) is 12.9. The molecule has 15 nitrogen and oxygen atoms in total. The van der Waals surface area contributed by atoms with Crippen molar-refractivity contribution in [1.29, 1.82) is 5.26 Å². The number of hydrogen-bond acceptors (Lipinski definition) is 13. The lowest BCUT2D eigenvalue weighted by Crippen LogP contribution is -2.66. The molecule has 0 saturated carbocycles. The van der Waals surface area contributed by atoms with Crippen LogP contribution in [-0.4, -0.2) is 124 Å². The zero-order valence-corrected chi connectivity index (χ0v) is 38.5. The van der Waals surface area contributed by atoms with E-state index in [1.165, 1.54) is 35.2 Å². The number of thioether (sulfide) groups is 1. The predicted molar refractivity (Wildman–Crippen MR) is 239 cm³/mol. The first-order chi connectivity index (χ1) is 29.7. The van der Waals surface area contributed by atoms with Crippen LogP contribution >= 0.6 is 34.7 Å². The number of thiophene rings is 1. The zero-order valence-electron chi connectivity index (χ0n) is 36.1. The normalized spacial score (nSPS) is 21.1. The zero-order chi connectivity index (χ0) is 45.5. The van der Waals surface area contributed by atoms with Crippen molar-refractivity contribution in [1.82, 2.24) is 25.1 Å². The first kappa shape index (κ1) is 46.3. The maximum absolute atomic E-state index is 17.1. The van der Waals surface area contributed by atoms with Crippen molar-refractivity contribution in [3.63, 3.8) is 0 Å². The van der Waals surface area contributed by atoms with Gasteiger partial charge in [-0.15, -0.1) is 11.3 Å². The topological polar surface area (TPSA) is 182 Å². The Morgan fingerprint density at radius 1 is 1.03 bits per heavy atom. The van der Waals surface area contributed by atoms with Crippen LogP contribution in [0, 0.1) is 23.0 Å². The van der Waals surface area contributed by atoms with Gasteiger partial charge < -0.3 is 39.3 Å². The number of morpholine rings is 1. The number of halogens is 3. The summed E-state index contributed by atoms with van der Waals surface area (Å²) in [5.41, 5.74) is -1.48. The number of anilines is 2. The van der Waals surface area contributed by atoms with E-state index < -0.39 is 41.1 Å². The lowest BCUT2D eigenvalue weighted by molar-refractivity contribution is -0.0107. The van der Waals surface area contributed by atoms with Crippen LogP contribution in [0.4, 0.5) is 34.0 Å². The number of amides is 3. The average Bonchev–Trinajstić information content (AvgIpc) is 3.55. The van der Waals surface area contributed by atoms with Crippen LogP contribution in [0.5, 0.6) is 0 Å². The summed E-state index contributed by atoms with van der Waals surface area (Å²) in [6.45, 7) is 15.0. The molecular weight excluding hydrogens is 878 g/mol. The van der Waals surface area contributed by atoms with E-state index in [1.807, 2.05) is 33.8 Å². The van der Waals surface area contributed by atoms with E-state index in [4.69, 9.17) is 35.9 Å². The minimum Gasteiger partial charge on any atom is -0.465 e. The van der Waals surface area contributed by atoms with Gasteiger partial charge in [-0.2, -0.15) is 5.26 Å². The number of benzene rings is 2. The van der Waals surface area contributed by atoms with Gasteiger partial charge in [0.05, 0.1) is 40.6 Å². The number of ether oxygens (including phenoxy) is 3. The molecule has 8 rings (SSSR count). The SMILES string of the molecule is CCSc1nc(N2C3COCC2CN(C(=O)OC(C)(C)C)C3)c2cc(Cl)c(-c3ccc(F)c4sc(NC(=O)OC(C)(C)C)c(C#N)c34)c(F)c2n1.O=C(O)N1CC2CCCC(C1)N2. The van der Waals surface area contributed by atoms with E-state index in [2.05, 4.69) is 20.5 Å². The number of likely N-dealkylation sites (tertiary alicyclic amines) is 1. The second-order valence-corrected chi connectivity index (χ2v) is 20.5. The third-order valence-electron chi connectivity index (χ3n) is 10.8. The van der Waals surface area contributed by atoms with Crippen LogP contribution < -0.4 is 15.5 Å². The van der Waals surface area contributed by atoms with Crippen LogP contribution in [0.3, 0.4) is 0 Å². The van der Waals surface area contributed by atoms with E-state index >= 15 is 8.78 Å². The molecule has 0 aliphatic carbocycles. The molecule has 338 valence electrons. The molecule has 0 spiro atoms. The molecule has 4 saturated heterocycles. The number of rotatable bonds is 5. The summed E-state index contributed by atoms with van der Waals surface area (Å²) in [4.78, 5) is 51.1. The van der Waals surface area contributed by atoms with Crippen molar-refractivity contribution in [3.8, 4) is 17.2 Å². The standard InChI is InChI=1S/C35H37ClF2N6O5S2.C8H14N2O2/c1-8-50-31-40-27-20(29(41-31)44-17-13-43(14-18(44)16-47-15-17)33(46)49-35(5,6)7)11-22(36)25(26(27)38)19-9-10-23(37)28-24(19)21(12-39)30(51-28)42-32(45)48-34(2,3)4;11-8(12)10-4-6-2-1-3-7(5-10)9-6/h9-11,17-18H,8,13-16H2,1-7H3,(H,42,45);6-7,9H,1-5H2,(H,11,12). The highest BCUT2D eigenvalue weighted by Crippen LogP contribution is 2.47. The molecule has 3 N–H and O–H groups in total. The first-order valence-electron chi connectivity index (χ1n) is 20.8. The second kappa shape index (κ2) is 18.4. The molecular formula is C43H51ClF2N8O7S2. The molecule has 4 unspecified atom stereocenters. The first-order valence-corrected chi connectivity index (χ1v) is 23.0. The van der Waals surface area contributed by atoms with Gasteiger partial charge in [-0.05, 0) is 77.8 Å². The third kappa shape index (κ3) is 10.1. The lowest BCUT2D eigenvalue weighted by atomic mass is 9.94. The van der Waals surface area contributed by atoms with Gasteiger partial charge in [0.25, 0.3) is 0 Å². The number of piperidine rings is 1. The summed E-state index contributed by atoms with van der Waals surface area (Å²) in [7, 11) is 0. The minimum absolute atomic E-state index is 0.0118. The molecule has 4 fully saturated rings. The Labute approximate surface area is 377 Å². The molecule has 4 aliphatic heterocycles. The summed E-state index contributed by atoms with van der Waals surface area (Å²) in [5.74, 6) is -0.373. The highest BCUT2D eigenvalue weighted by Gasteiger charge is 2.43. The number of piperazine rings is 2. The molecule has 0 radical (unpaired) electrons. The Morgan fingerprint density at radius 2 is 1.68 bits per heavy atom. The molecule has 2 aromatic heterocycles. The number of nitrogens with one attached hydrogen (secondary N) is 2. The van der Waals surface area contributed by atoms with Gasteiger partial charge in [0.15, 0.2) is 11.0 Å². The Bertz CT molecular complexity index is 2450. The number of nitriles is 1. The van der Waals surface area contributed by atoms with Gasteiger partial charge in [-0.1, -0.05) is 42.8 Å². The number of carbonyl (C=O) groups is 3. The predicted octanol–water partition coefficient (Wildman–Crippen LogP) is 9.09. The molecule has 20 heteroatoms. The molecule has 3 amide bonds. The van der Waals surface area contributed by atoms with Gasteiger partial charge in [0, 0.05) is 54.6 Å². The fourth-order valence-electron chi connectivity index (χ4n) is 8.41. The van der Waals surface area contributed by atoms with Crippen molar-refractivity contribution in [3.05, 3.63) is 40.4 Å². The summed E-state index contributed by atoms with van der Waals surface area (Å²) < 4.78 is 49.3. The Balaban J connectivity index is 0.000000424. The van der Waals surface area contributed by atoms with E-state index in [1.54, 1.807) is 31.7 Å². The molecule has 4 aliphatic rings. The van der Waals surface area contributed by atoms with Crippen LogP contribution in [-0.2, 0) is 14.2 Å². The fraction of sp³-hybridized carbons (Fsp3) is 0.535. The molecule has 4 atom stereocenters. The van der Waals surface area contributed by atoms with Crippen molar-refractivity contribution in [2.45, 2.75) is 108 Å². The summed E-state index contributed by atoms with van der Waals surface area (Å²) in [6.07, 6.45) is 1.48. The summed E-state index contributed by atoms with van der Waals surface area (Å²) >= 11 is 9.10. The highest BCUT2D eigenvalue weighted by molar-refractivity contribution is 7.99. The molecule has 63 heavy (non-hydrogen) atoms. The Morgan fingerprint density at radius 3 is 2.27 bits per heavy atom. The molecule has 2 aromatic carbocycles. The number of aromatic nitrogens is 2. The Kier molecular flexibility index (Phi) is 13.5. The molecule has 6 heterocycles. The summed E-state index contributed by atoms with van der Waals surface area (Å²) in [5, 5.41) is 25.8. The molecule has 4 aromatic rings. The average molecular weight is 930 g/mol. The summed E-state index contributed by atoms with van der Waals surface area (Å²) in [6, 6.07) is 6.34. The maximum Gasteiger partial charge on any atom is 0.412 e. The van der Waals surface area contributed by atoms with Crippen molar-refractivity contribution >= 4 is 84.8 Å². The van der Waals surface area contributed by atoms with Crippen molar-refractivity contribution < 1.29 is 42.5 Å². The largest absolute Gasteiger partial charge is 0.465 e. The van der Waals surface area contributed by atoms with E-state index in [0.717, 1.165) is 24.2 Å². The van der Waals surface area contributed by atoms with Crippen molar-refractivity contribution in [2.24, 2.45) is 0 Å². The van der Waals surface area contributed by atoms with Gasteiger partial charge in [0.1, 0.15) is 39.4 Å². The lowest BCUT2D eigenvalue weighted by Gasteiger charge is -2.50. The van der Waals surface area contributed by atoms with Gasteiger partial charge >= 0.3 is 18.3 Å². The van der Waals surface area contributed by atoms with E-state index in [0.29, 0.717) is 73.6 Å². The quantitative estimate of drug-likeness (QED) is 0.127. The van der Waals surface area contributed by atoms with Crippen LogP contribution in [0.15, 0.2) is 23.4 Å². The number of carboxylic acid groups (broad SMARTS) is 1. The smallest absolute Gasteiger partial charge is 0.412 e. The monoisotopic (exact) mass is 928 g/mol. The number of fused-ring (bicyclic) bond motifs is 6. The Hall–Kier alpha value is -4.74. The van der Waals surface area contributed by atoms with Gasteiger partial charge in [-0.25, -0.2) is 33.1 Å². The van der Waals surface area contributed by atoms with E-state index in [9.17, 15) is 19.6 Å². The highest BCUT2D eigenvalue weighted by atomic mass is 35.5. The van der Waals surface area contributed by atoms with Gasteiger partial charge in [0.2, 0.25) is 0 Å². The van der Waals surface area contributed by atoms with Crippen molar-refractivity contribution in [2.75, 3.05) is 55.4 Å². The second-order valence-electron chi connectivity index (χ2n) is 17.9. The van der Waals surface area contributed by atoms with Gasteiger partial charge in [-0.3, -0.25) is 5.32 Å². The van der Waals surface area contributed by atoms with E-state index in [-0.39, 0.29) is 54.4 Å². The van der Waals surface area contributed by atoms with Crippen LogP contribution in [0.1, 0.15) is 73.3 Å². The number of hydrogen-bond donors (Lipinski definition) is 3. The van der Waals surface area contributed by atoms with Crippen LogP contribution in [0.2, 0.25) is 5.02 Å². The molecule has 4 bridgehead atoms. The van der Waals surface area contributed by atoms with Crippen LogP contribution in [0.25, 0.3) is 32.1 Å². The maximum atomic E-state index is 17.1. The minimum atomic E-state index is -0.824.